The second kappa shape index (κ2) is 8.33. The Morgan fingerprint density at radius 3 is 2.36 bits per heavy atom. The van der Waals surface area contributed by atoms with E-state index in [4.69, 9.17) is 0 Å². The van der Waals surface area contributed by atoms with Gasteiger partial charge in [-0.25, -0.2) is 0 Å². The molecule has 0 fully saturated rings. The second-order valence-corrected chi connectivity index (χ2v) is 4.25. The Balaban J connectivity index is 3.63. The molecule has 0 aliphatic carbocycles. The molecule has 0 heterocycles. The normalized spacial score (nSPS) is 11.3. The smallest absolute Gasteiger partial charge is 0.0198 e. The number of likely N-dealkylation sites (N-methyl/N-ethyl adjacent to an activating group) is 1. The molecule has 0 saturated carbocycles. The highest BCUT2D eigenvalue weighted by Gasteiger charge is 2.03. The summed E-state index contributed by atoms with van der Waals surface area (Å²) in [6, 6.07) is 0. The minimum absolute atomic E-state index is 0.796. The van der Waals surface area contributed by atoms with Gasteiger partial charge in [0.1, 0.15) is 0 Å². The molecule has 0 aromatic carbocycles. The summed E-state index contributed by atoms with van der Waals surface area (Å²) in [6.07, 6.45) is 1.22. The van der Waals surface area contributed by atoms with E-state index in [-0.39, 0.29) is 0 Å². The fraction of sp³-hybridized carbons (Fsp3) is 0.818. The van der Waals surface area contributed by atoms with Crippen LogP contribution >= 0.6 is 12.6 Å². The van der Waals surface area contributed by atoms with E-state index in [1.54, 1.807) is 0 Å². The van der Waals surface area contributed by atoms with Gasteiger partial charge in [0.25, 0.3) is 0 Å². The van der Waals surface area contributed by atoms with Crippen molar-refractivity contribution in [2.45, 2.75) is 13.3 Å². The van der Waals surface area contributed by atoms with E-state index in [0.717, 1.165) is 31.9 Å². The van der Waals surface area contributed by atoms with Crippen LogP contribution < -0.4 is 0 Å². The molecule has 0 atom stereocenters. The molecule has 0 spiro atoms. The minimum Gasteiger partial charge on any atom is -0.309 e. The highest BCUT2D eigenvalue weighted by atomic mass is 32.1. The highest BCUT2D eigenvalue weighted by Crippen LogP contribution is 2.00. The maximum atomic E-state index is 4.22. The summed E-state index contributed by atoms with van der Waals surface area (Å²) >= 11 is 4.22. The number of hydrogen-bond acceptors (Lipinski definition) is 3. The number of nitrogens with zero attached hydrogens (tertiary/aromatic N) is 2. The Kier molecular flexibility index (Phi) is 8.34. The standard InChI is InChI=1S/C11H24N2S/c1-5-13(9-11(2)10-14)8-6-7-12(3)4/h14H,2,5-10H2,1,3-4H3. The Morgan fingerprint density at radius 1 is 1.29 bits per heavy atom. The van der Waals surface area contributed by atoms with Crippen molar-refractivity contribution in [1.82, 2.24) is 9.80 Å². The van der Waals surface area contributed by atoms with Crippen molar-refractivity contribution in [1.29, 1.82) is 0 Å². The summed E-state index contributed by atoms with van der Waals surface area (Å²) in [5.41, 5.74) is 1.21. The monoisotopic (exact) mass is 216 g/mol. The van der Waals surface area contributed by atoms with E-state index in [2.05, 4.69) is 50.0 Å². The van der Waals surface area contributed by atoms with Crippen LogP contribution in [0.2, 0.25) is 0 Å². The van der Waals surface area contributed by atoms with Gasteiger partial charge in [-0.05, 0) is 40.2 Å². The van der Waals surface area contributed by atoms with Crippen LogP contribution in [-0.2, 0) is 0 Å². The van der Waals surface area contributed by atoms with E-state index >= 15 is 0 Å². The number of hydrogen-bond donors (Lipinski definition) is 1. The van der Waals surface area contributed by atoms with Crippen LogP contribution in [0.15, 0.2) is 12.2 Å². The molecule has 14 heavy (non-hydrogen) atoms. The fourth-order valence-electron chi connectivity index (χ4n) is 1.33. The lowest BCUT2D eigenvalue weighted by Crippen LogP contribution is -2.29. The summed E-state index contributed by atoms with van der Waals surface area (Å²) in [5.74, 6) is 0.796. The van der Waals surface area contributed by atoms with Gasteiger partial charge in [-0.15, -0.1) is 0 Å². The Bertz CT molecular complexity index is 157. The summed E-state index contributed by atoms with van der Waals surface area (Å²) in [6.45, 7) is 10.6. The predicted molar refractivity (Wildman–Crippen MR) is 68.3 cm³/mol. The van der Waals surface area contributed by atoms with E-state index in [1.807, 2.05) is 0 Å². The van der Waals surface area contributed by atoms with Gasteiger partial charge in [0.2, 0.25) is 0 Å². The molecular formula is C11H24N2S. The van der Waals surface area contributed by atoms with E-state index in [9.17, 15) is 0 Å². The van der Waals surface area contributed by atoms with E-state index in [1.165, 1.54) is 12.0 Å². The summed E-state index contributed by atoms with van der Waals surface area (Å²) < 4.78 is 0. The first-order valence-electron chi connectivity index (χ1n) is 5.24. The van der Waals surface area contributed by atoms with Crippen molar-refractivity contribution in [2.24, 2.45) is 0 Å². The van der Waals surface area contributed by atoms with Gasteiger partial charge in [-0.3, -0.25) is 4.90 Å². The summed E-state index contributed by atoms with van der Waals surface area (Å²) in [4.78, 5) is 4.64. The van der Waals surface area contributed by atoms with Gasteiger partial charge in [-0.2, -0.15) is 12.6 Å². The molecule has 0 bridgehead atoms. The van der Waals surface area contributed by atoms with Crippen LogP contribution in [0.4, 0.5) is 0 Å². The van der Waals surface area contributed by atoms with Crippen LogP contribution in [0.5, 0.6) is 0 Å². The average molecular weight is 216 g/mol. The predicted octanol–water partition coefficient (Wildman–Crippen LogP) is 1.75. The van der Waals surface area contributed by atoms with Crippen molar-refractivity contribution in [3.05, 3.63) is 12.2 Å². The molecule has 0 aromatic heterocycles. The molecule has 2 nitrogen and oxygen atoms in total. The Hall–Kier alpha value is 0.01000. The maximum Gasteiger partial charge on any atom is 0.0198 e. The first-order chi connectivity index (χ1) is 6.60. The molecule has 0 amide bonds. The third-order valence-electron chi connectivity index (χ3n) is 2.20. The fourth-order valence-corrected chi connectivity index (χ4v) is 1.43. The molecule has 0 rings (SSSR count). The third-order valence-corrected chi connectivity index (χ3v) is 2.64. The quantitative estimate of drug-likeness (QED) is 0.488. The molecule has 0 aliphatic rings. The van der Waals surface area contributed by atoms with E-state index in [0.29, 0.717) is 0 Å². The minimum atomic E-state index is 0.796. The Labute approximate surface area is 94.4 Å². The van der Waals surface area contributed by atoms with Crippen molar-refractivity contribution in [3.63, 3.8) is 0 Å². The lowest BCUT2D eigenvalue weighted by atomic mass is 10.3. The maximum absolute atomic E-state index is 4.22. The largest absolute Gasteiger partial charge is 0.309 e. The van der Waals surface area contributed by atoms with E-state index < -0.39 is 0 Å². The molecule has 0 saturated heterocycles. The van der Waals surface area contributed by atoms with Gasteiger partial charge in [-0.1, -0.05) is 19.1 Å². The molecule has 0 radical (unpaired) electrons. The van der Waals surface area contributed by atoms with Gasteiger partial charge >= 0.3 is 0 Å². The summed E-state index contributed by atoms with van der Waals surface area (Å²) in [5, 5.41) is 0. The van der Waals surface area contributed by atoms with Gasteiger partial charge < -0.3 is 4.90 Å². The van der Waals surface area contributed by atoms with Crippen LogP contribution in [0.1, 0.15) is 13.3 Å². The van der Waals surface area contributed by atoms with Gasteiger partial charge in [0, 0.05) is 12.3 Å². The van der Waals surface area contributed by atoms with Crippen molar-refractivity contribution in [2.75, 3.05) is 46.0 Å². The topological polar surface area (TPSA) is 6.48 Å². The molecule has 0 N–H and O–H groups in total. The lowest BCUT2D eigenvalue weighted by Gasteiger charge is -2.21. The first-order valence-corrected chi connectivity index (χ1v) is 5.88. The van der Waals surface area contributed by atoms with Crippen molar-refractivity contribution in [3.8, 4) is 0 Å². The molecular weight excluding hydrogens is 192 g/mol. The molecule has 84 valence electrons. The zero-order chi connectivity index (χ0) is 11.0. The van der Waals surface area contributed by atoms with Crippen LogP contribution in [0, 0.1) is 0 Å². The number of thiol groups is 1. The molecule has 3 heteroatoms. The Morgan fingerprint density at radius 2 is 1.93 bits per heavy atom. The average Bonchev–Trinajstić information content (AvgIpc) is 2.15. The zero-order valence-corrected chi connectivity index (χ0v) is 10.7. The van der Waals surface area contributed by atoms with Crippen molar-refractivity contribution >= 4 is 12.6 Å². The SMILES string of the molecule is C=C(CS)CN(CC)CCCN(C)C. The van der Waals surface area contributed by atoms with Crippen LogP contribution in [0.25, 0.3) is 0 Å². The van der Waals surface area contributed by atoms with Crippen LogP contribution in [-0.4, -0.2) is 55.8 Å². The van der Waals surface area contributed by atoms with Gasteiger partial charge in [0.15, 0.2) is 0 Å². The second-order valence-electron chi connectivity index (χ2n) is 3.93. The zero-order valence-electron chi connectivity index (χ0n) is 9.79. The van der Waals surface area contributed by atoms with Crippen LogP contribution in [0.3, 0.4) is 0 Å². The van der Waals surface area contributed by atoms with Gasteiger partial charge in [0.05, 0.1) is 0 Å². The molecule has 0 unspecified atom stereocenters. The van der Waals surface area contributed by atoms with Crippen molar-refractivity contribution < 1.29 is 0 Å². The molecule has 0 aliphatic heterocycles. The third kappa shape index (κ3) is 7.42. The number of rotatable bonds is 8. The first kappa shape index (κ1) is 14.0. The lowest BCUT2D eigenvalue weighted by molar-refractivity contribution is 0.285. The molecule has 0 aromatic rings. The summed E-state index contributed by atoms with van der Waals surface area (Å²) in [7, 11) is 4.23. The highest BCUT2D eigenvalue weighted by molar-refractivity contribution is 7.80.